The zero-order valence-electron chi connectivity index (χ0n) is 8.39. The van der Waals surface area contributed by atoms with Gasteiger partial charge in [-0.15, -0.1) is 0 Å². The van der Waals surface area contributed by atoms with Crippen LogP contribution in [0.5, 0.6) is 5.75 Å². The van der Waals surface area contributed by atoms with Crippen molar-refractivity contribution in [3.8, 4) is 5.75 Å². The van der Waals surface area contributed by atoms with E-state index < -0.39 is 0 Å². The zero-order valence-corrected chi connectivity index (χ0v) is 11.6. The smallest absolute Gasteiger partial charge is 0.123 e. The number of ether oxygens (including phenoxy) is 1. The SMILES string of the molecule is CCOc1ccc(Br)cc1C(Br)CC. The molecule has 0 bridgehead atoms. The van der Waals surface area contributed by atoms with Crippen LogP contribution in [0.1, 0.15) is 30.7 Å². The van der Waals surface area contributed by atoms with Gasteiger partial charge in [-0.2, -0.15) is 0 Å². The standard InChI is InChI=1S/C11H14Br2O/c1-3-10(13)9-7-8(12)5-6-11(9)14-4-2/h5-7,10H,3-4H2,1-2H3. The second-order valence-electron chi connectivity index (χ2n) is 2.99. The van der Waals surface area contributed by atoms with Gasteiger partial charge in [0.25, 0.3) is 0 Å². The van der Waals surface area contributed by atoms with Crippen molar-refractivity contribution in [3.05, 3.63) is 28.2 Å². The van der Waals surface area contributed by atoms with Gasteiger partial charge in [0.1, 0.15) is 5.75 Å². The minimum absolute atomic E-state index is 0.363. The maximum Gasteiger partial charge on any atom is 0.123 e. The van der Waals surface area contributed by atoms with E-state index in [4.69, 9.17) is 4.74 Å². The Balaban J connectivity index is 3.02. The van der Waals surface area contributed by atoms with Gasteiger partial charge in [0.05, 0.1) is 6.61 Å². The Hall–Kier alpha value is -0.0200. The van der Waals surface area contributed by atoms with Crippen LogP contribution in [0.25, 0.3) is 0 Å². The molecule has 0 saturated heterocycles. The molecule has 0 fully saturated rings. The van der Waals surface area contributed by atoms with Gasteiger partial charge in [-0.1, -0.05) is 38.8 Å². The van der Waals surface area contributed by atoms with Crippen molar-refractivity contribution in [2.24, 2.45) is 0 Å². The summed E-state index contributed by atoms with van der Waals surface area (Å²) in [5.41, 5.74) is 1.21. The molecule has 1 rings (SSSR count). The van der Waals surface area contributed by atoms with E-state index in [9.17, 15) is 0 Å². The Morgan fingerprint density at radius 1 is 1.36 bits per heavy atom. The van der Waals surface area contributed by atoms with Crippen LogP contribution >= 0.6 is 31.9 Å². The highest BCUT2D eigenvalue weighted by Gasteiger charge is 2.11. The largest absolute Gasteiger partial charge is 0.494 e. The average Bonchev–Trinajstić information content (AvgIpc) is 2.20. The monoisotopic (exact) mass is 320 g/mol. The van der Waals surface area contributed by atoms with Crippen LogP contribution in [0, 0.1) is 0 Å². The van der Waals surface area contributed by atoms with Gasteiger partial charge < -0.3 is 4.74 Å². The third kappa shape index (κ3) is 2.99. The van der Waals surface area contributed by atoms with E-state index in [0.717, 1.165) is 16.6 Å². The lowest BCUT2D eigenvalue weighted by atomic mass is 10.1. The van der Waals surface area contributed by atoms with E-state index in [-0.39, 0.29) is 0 Å². The van der Waals surface area contributed by atoms with E-state index in [0.29, 0.717) is 11.4 Å². The summed E-state index contributed by atoms with van der Waals surface area (Å²) in [6.07, 6.45) is 1.05. The molecular weight excluding hydrogens is 308 g/mol. The molecule has 0 heterocycles. The molecule has 0 spiro atoms. The Morgan fingerprint density at radius 2 is 2.07 bits per heavy atom. The van der Waals surface area contributed by atoms with Crippen LogP contribution in [0.15, 0.2) is 22.7 Å². The van der Waals surface area contributed by atoms with Gasteiger partial charge in [0, 0.05) is 14.9 Å². The van der Waals surface area contributed by atoms with E-state index in [1.165, 1.54) is 5.56 Å². The van der Waals surface area contributed by atoms with Crippen LogP contribution in [0.4, 0.5) is 0 Å². The molecule has 14 heavy (non-hydrogen) atoms. The fourth-order valence-corrected chi connectivity index (χ4v) is 2.01. The van der Waals surface area contributed by atoms with Gasteiger partial charge >= 0.3 is 0 Å². The maximum atomic E-state index is 5.56. The average molecular weight is 322 g/mol. The second kappa shape index (κ2) is 5.76. The van der Waals surface area contributed by atoms with Crippen molar-refractivity contribution in [1.82, 2.24) is 0 Å². The summed E-state index contributed by atoms with van der Waals surface area (Å²) in [6.45, 7) is 4.86. The first-order chi connectivity index (χ1) is 6.69. The molecule has 0 N–H and O–H groups in total. The van der Waals surface area contributed by atoms with Gasteiger partial charge in [-0.25, -0.2) is 0 Å². The molecule has 0 radical (unpaired) electrons. The van der Waals surface area contributed by atoms with Crippen LogP contribution in [-0.4, -0.2) is 6.61 Å². The van der Waals surface area contributed by atoms with Crippen LogP contribution < -0.4 is 4.74 Å². The molecule has 1 aromatic carbocycles. The Kier molecular flexibility index (Phi) is 4.96. The summed E-state index contributed by atoms with van der Waals surface area (Å²) in [4.78, 5) is 0.363. The summed E-state index contributed by atoms with van der Waals surface area (Å²) in [5, 5.41) is 0. The minimum atomic E-state index is 0.363. The van der Waals surface area contributed by atoms with Crippen molar-refractivity contribution < 1.29 is 4.74 Å². The summed E-state index contributed by atoms with van der Waals surface area (Å²) in [7, 11) is 0. The summed E-state index contributed by atoms with van der Waals surface area (Å²) < 4.78 is 6.66. The maximum absolute atomic E-state index is 5.56. The third-order valence-corrected chi connectivity index (χ3v) is 3.60. The minimum Gasteiger partial charge on any atom is -0.494 e. The van der Waals surface area contributed by atoms with Gasteiger partial charge in [0.15, 0.2) is 0 Å². The van der Waals surface area contributed by atoms with Crippen LogP contribution in [0.2, 0.25) is 0 Å². The van der Waals surface area contributed by atoms with E-state index in [2.05, 4.69) is 44.8 Å². The van der Waals surface area contributed by atoms with Gasteiger partial charge in [0.2, 0.25) is 0 Å². The molecule has 1 nitrogen and oxygen atoms in total. The lowest BCUT2D eigenvalue weighted by Crippen LogP contribution is -1.98. The molecule has 1 aromatic rings. The molecule has 78 valence electrons. The van der Waals surface area contributed by atoms with Gasteiger partial charge in [-0.3, -0.25) is 0 Å². The topological polar surface area (TPSA) is 9.23 Å². The third-order valence-electron chi connectivity index (χ3n) is 1.97. The van der Waals surface area contributed by atoms with Crippen LogP contribution in [0.3, 0.4) is 0 Å². The predicted octanol–water partition coefficient (Wildman–Crippen LogP) is 4.69. The molecule has 0 aromatic heterocycles. The number of hydrogen-bond donors (Lipinski definition) is 0. The summed E-state index contributed by atoms with van der Waals surface area (Å²) >= 11 is 7.11. The number of hydrogen-bond acceptors (Lipinski definition) is 1. The molecule has 0 amide bonds. The Morgan fingerprint density at radius 3 is 2.64 bits per heavy atom. The zero-order chi connectivity index (χ0) is 10.6. The summed E-state index contributed by atoms with van der Waals surface area (Å²) in [5.74, 6) is 0.972. The van der Waals surface area contributed by atoms with Gasteiger partial charge in [-0.05, 0) is 31.5 Å². The highest BCUT2D eigenvalue weighted by Crippen LogP contribution is 2.35. The summed E-state index contributed by atoms with van der Waals surface area (Å²) in [6, 6.07) is 6.12. The molecule has 0 saturated carbocycles. The molecular formula is C11H14Br2O. The highest BCUT2D eigenvalue weighted by molar-refractivity contribution is 9.10. The highest BCUT2D eigenvalue weighted by atomic mass is 79.9. The lowest BCUT2D eigenvalue weighted by molar-refractivity contribution is 0.336. The van der Waals surface area contributed by atoms with Crippen LogP contribution in [-0.2, 0) is 0 Å². The fraction of sp³-hybridized carbons (Fsp3) is 0.455. The van der Waals surface area contributed by atoms with Crippen molar-refractivity contribution in [2.75, 3.05) is 6.61 Å². The normalized spacial score (nSPS) is 12.6. The number of alkyl halides is 1. The van der Waals surface area contributed by atoms with E-state index >= 15 is 0 Å². The predicted molar refractivity (Wildman–Crippen MR) is 67.3 cm³/mol. The fourth-order valence-electron chi connectivity index (χ4n) is 1.27. The molecule has 3 heteroatoms. The van der Waals surface area contributed by atoms with Crippen molar-refractivity contribution in [3.63, 3.8) is 0 Å². The molecule has 1 atom stereocenters. The first kappa shape index (κ1) is 12.1. The Bertz CT molecular complexity index is 299. The first-order valence-corrected chi connectivity index (χ1v) is 6.46. The first-order valence-electron chi connectivity index (χ1n) is 4.75. The molecule has 1 unspecified atom stereocenters. The van der Waals surface area contributed by atoms with E-state index in [1.54, 1.807) is 0 Å². The second-order valence-corrected chi connectivity index (χ2v) is 5.01. The molecule has 0 aliphatic carbocycles. The van der Waals surface area contributed by atoms with E-state index in [1.807, 2.05) is 19.1 Å². The Labute approximate surface area is 102 Å². The number of rotatable bonds is 4. The molecule has 0 aliphatic rings. The van der Waals surface area contributed by atoms with Crippen molar-refractivity contribution >= 4 is 31.9 Å². The molecule has 0 aliphatic heterocycles. The quantitative estimate of drug-likeness (QED) is 0.731. The van der Waals surface area contributed by atoms with Crippen molar-refractivity contribution in [2.45, 2.75) is 25.1 Å². The van der Waals surface area contributed by atoms with Crippen molar-refractivity contribution in [1.29, 1.82) is 0 Å². The number of halogens is 2. The lowest BCUT2D eigenvalue weighted by Gasteiger charge is -2.14. The number of benzene rings is 1.